The van der Waals surface area contributed by atoms with Crippen LogP contribution in [-0.2, 0) is 14.8 Å². The molecule has 2 atom stereocenters. The molecule has 0 saturated carbocycles. The summed E-state index contributed by atoms with van der Waals surface area (Å²) in [6, 6.07) is 4.18. The summed E-state index contributed by atoms with van der Waals surface area (Å²) in [5.41, 5.74) is 0.714. The number of hydrogen-bond acceptors (Lipinski definition) is 4. The van der Waals surface area contributed by atoms with Crippen LogP contribution in [-0.4, -0.2) is 42.9 Å². The molecule has 0 aliphatic carbocycles. The second-order valence-corrected chi connectivity index (χ2v) is 7.49. The molecular weight excluding hydrogens is 320 g/mol. The SMILES string of the molecule is Cc1ccc(S(N)(=O)=O)c(C(=O)N2CC(C(=O)O)CCC2C)c1. The van der Waals surface area contributed by atoms with Crippen molar-refractivity contribution in [1.29, 1.82) is 0 Å². The van der Waals surface area contributed by atoms with E-state index in [4.69, 9.17) is 10.2 Å². The fraction of sp³-hybridized carbons (Fsp3) is 0.467. The number of nitrogens with zero attached hydrogens (tertiary/aromatic N) is 1. The lowest BCUT2D eigenvalue weighted by atomic mass is 9.93. The fourth-order valence-corrected chi connectivity index (χ4v) is 3.52. The first-order valence-corrected chi connectivity index (χ1v) is 8.83. The zero-order valence-electron chi connectivity index (χ0n) is 13.0. The van der Waals surface area contributed by atoms with Crippen molar-refractivity contribution < 1.29 is 23.1 Å². The van der Waals surface area contributed by atoms with Crippen molar-refractivity contribution in [2.45, 2.75) is 37.6 Å². The number of piperidine rings is 1. The predicted molar refractivity (Wildman–Crippen MR) is 83.4 cm³/mol. The van der Waals surface area contributed by atoms with Crippen LogP contribution in [0.3, 0.4) is 0 Å². The third-order valence-corrected chi connectivity index (χ3v) is 5.13. The number of benzene rings is 1. The van der Waals surface area contributed by atoms with Gasteiger partial charge in [0.1, 0.15) is 0 Å². The topological polar surface area (TPSA) is 118 Å². The highest BCUT2D eigenvalue weighted by atomic mass is 32.2. The normalized spacial score (nSPS) is 22.0. The molecule has 1 heterocycles. The lowest BCUT2D eigenvalue weighted by Crippen LogP contribution is -2.47. The van der Waals surface area contributed by atoms with E-state index in [1.54, 1.807) is 13.0 Å². The molecule has 0 radical (unpaired) electrons. The highest BCUT2D eigenvalue weighted by Crippen LogP contribution is 2.26. The molecule has 0 spiro atoms. The van der Waals surface area contributed by atoms with E-state index in [-0.39, 0.29) is 23.0 Å². The Morgan fingerprint density at radius 2 is 1.96 bits per heavy atom. The summed E-state index contributed by atoms with van der Waals surface area (Å²) in [6.07, 6.45) is 1.05. The van der Waals surface area contributed by atoms with Crippen LogP contribution in [0.4, 0.5) is 0 Å². The van der Waals surface area contributed by atoms with Crippen LogP contribution in [0.15, 0.2) is 23.1 Å². The summed E-state index contributed by atoms with van der Waals surface area (Å²) in [6.45, 7) is 3.62. The standard InChI is InChI=1S/C15H20N2O5S/c1-9-3-6-13(23(16,21)22)12(7-9)14(18)17-8-11(15(19)20)5-4-10(17)2/h3,6-7,10-11H,4-5,8H2,1-2H3,(H,19,20)(H2,16,21,22). The number of aliphatic carboxylic acids is 1. The Morgan fingerprint density at radius 1 is 1.30 bits per heavy atom. The smallest absolute Gasteiger partial charge is 0.308 e. The van der Waals surface area contributed by atoms with E-state index in [2.05, 4.69) is 0 Å². The quantitative estimate of drug-likeness (QED) is 0.850. The number of primary sulfonamides is 1. The second-order valence-electron chi connectivity index (χ2n) is 5.96. The molecule has 23 heavy (non-hydrogen) atoms. The Morgan fingerprint density at radius 3 is 2.52 bits per heavy atom. The number of rotatable bonds is 3. The average Bonchev–Trinajstić information content (AvgIpc) is 2.45. The molecule has 7 nitrogen and oxygen atoms in total. The van der Waals surface area contributed by atoms with Gasteiger partial charge in [0, 0.05) is 12.6 Å². The van der Waals surface area contributed by atoms with Gasteiger partial charge in [-0.15, -0.1) is 0 Å². The predicted octanol–water partition coefficient (Wildman–Crippen LogP) is 0.968. The van der Waals surface area contributed by atoms with Crippen LogP contribution in [0, 0.1) is 12.8 Å². The number of carbonyl (C=O) groups excluding carboxylic acids is 1. The molecule has 1 amide bonds. The van der Waals surface area contributed by atoms with Crippen molar-refractivity contribution >= 4 is 21.9 Å². The van der Waals surface area contributed by atoms with Crippen LogP contribution in [0.2, 0.25) is 0 Å². The van der Waals surface area contributed by atoms with Gasteiger partial charge in [-0.25, -0.2) is 13.6 Å². The number of carbonyl (C=O) groups is 2. The molecule has 8 heteroatoms. The van der Waals surface area contributed by atoms with Crippen molar-refractivity contribution in [2.75, 3.05) is 6.54 Å². The Balaban J connectivity index is 2.43. The Hall–Kier alpha value is -1.93. The van der Waals surface area contributed by atoms with Crippen molar-refractivity contribution in [3.05, 3.63) is 29.3 Å². The van der Waals surface area contributed by atoms with E-state index in [0.29, 0.717) is 12.8 Å². The third-order valence-electron chi connectivity index (χ3n) is 4.16. The van der Waals surface area contributed by atoms with Gasteiger partial charge in [-0.1, -0.05) is 11.6 Å². The zero-order valence-corrected chi connectivity index (χ0v) is 13.8. The van der Waals surface area contributed by atoms with Gasteiger partial charge in [0.05, 0.1) is 16.4 Å². The molecule has 126 valence electrons. The van der Waals surface area contributed by atoms with Crippen LogP contribution in [0.25, 0.3) is 0 Å². The Kier molecular flexibility index (Phi) is 4.76. The minimum atomic E-state index is -4.05. The molecule has 1 saturated heterocycles. The van der Waals surface area contributed by atoms with Crippen molar-refractivity contribution in [3.63, 3.8) is 0 Å². The maximum atomic E-state index is 12.8. The van der Waals surface area contributed by atoms with Crippen LogP contribution >= 0.6 is 0 Å². The van der Waals surface area contributed by atoms with Gasteiger partial charge in [-0.2, -0.15) is 0 Å². The molecular formula is C15H20N2O5S. The summed E-state index contributed by atoms with van der Waals surface area (Å²) in [4.78, 5) is 25.2. The fourth-order valence-electron chi connectivity index (χ4n) is 2.81. The first-order valence-electron chi connectivity index (χ1n) is 7.28. The molecule has 1 aromatic carbocycles. The van der Waals surface area contributed by atoms with Gasteiger partial charge < -0.3 is 10.0 Å². The molecule has 1 aliphatic heterocycles. The third kappa shape index (κ3) is 3.70. The summed E-state index contributed by atoms with van der Waals surface area (Å²) < 4.78 is 23.4. The van der Waals surface area contributed by atoms with Crippen LogP contribution < -0.4 is 5.14 Å². The van der Waals surface area contributed by atoms with Crippen molar-refractivity contribution in [3.8, 4) is 0 Å². The largest absolute Gasteiger partial charge is 0.481 e. The Labute approximate surface area is 135 Å². The van der Waals surface area contributed by atoms with Crippen LogP contribution in [0.5, 0.6) is 0 Å². The van der Waals surface area contributed by atoms with Gasteiger partial charge in [0.15, 0.2) is 0 Å². The number of likely N-dealkylation sites (tertiary alicyclic amines) is 1. The van der Waals surface area contributed by atoms with E-state index in [0.717, 1.165) is 5.56 Å². The number of carboxylic acid groups (broad SMARTS) is 1. The summed E-state index contributed by atoms with van der Waals surface area (Å²) in [5.74, 6) is -2.10. The average molecular weight is 340 g/mol. The maximum absolute atomic E-state index is 12.8. The monoisotopic (exact) mass is 340 g/mol. The molecule has 0 bridgehead atoms. The summed E-state index contributed by atoms with van der Waals surface area (Å²) in [7, 11) is -4.05. The van der Waals surface area contributed by atoms with Crippen molar-refractivity contribution in [2.24, 2.45) is 11.1 Å². The molecule has 2 rings (SSSR count). The number of carboxylic acids is 1. The summed E-state index contributed by atoms with van der Waals surface area (Å²) in [5, 5.41) is 14.4. The molecule has 1 fully saturated rings. The zero-order chi connectivity index (χ0) is 17.4. The van der Waals surface area contributed by atoms with E-state index in [1.165, 1.54) is 17.0 Å². The molecule has 0 aromatic heterocycles. The van der Waals surface area contributed by atoms with Gasteiger partial charge in [-0.05, 0) is 38.8 Å². The van der Waals surface area contributed by atoms with Gasteiger partial charge in [0.2, 0.25) is 10.0 Å². The first kappa shape index (κ1) is 17.4. The second kappa shape index (κ2) is 6.29. The molecule has 3 N–H and O–H groups in total. The minimum Gasteiger partial charge on any atom is -0.481 e. The number of nitrogens with two attached hydrogens (primary N) is 1. The number of hydrogen-bond donors (Lipinski definition) is 2. The summed E-state index contributed by atoms with van der Waals surface area (Å²) >= 11 is 0. The van der Waals surface area contributed by atoms with E-state index in [9.17, 15) is 18.0 Å². The molecule has 2 unspecified atom stereocenters. The van der Waals surface area contributed by atoms with Crippen molar-refractivity contribution in [1.82, 2.24) is 4.90 Å². The highest BCUT2D eigenvalue weighted by molar-refractivity contribution is 7.89. The van der Waals surface area contributed by atoms with Gasteiger partial charge >= 0.3 is 5.97 Å². The van der Waals surface area contributed by atoms with E-state index >= 15 is 0 Å². The lowest BCUT2D eigenvalue weighted by molar-refractivity contribution is -0.143. The van der Waals surface area contributed by atoms with E-state index in [1.807, 2.05) is 6.92 Å². The number of aryl methyl sites for hydroxylation is 1. The number of sulfonamides is 1. The van der Waals surface area contributed by atoms with Gasteiger partial charge in [0.25, 0.3) is 5.91 Å². The minimum absolute atomic E-state index is 0.00890. The van der Waals surface area contributed by atoms with Crippen LogP contribution in [0.1, 0.15) is 35.7 Å². The number of amides is 1. The van der Waals surface area contributed by atoms with Gasteiger partial charge in [-0.3, -0.25) is 9.59 Å². The Bertz CT molecular complexity index is 744. The first-order chi connectivity index (χ1) is 10.6. The molecule has 1 aliphatic rings. The van der Waals surface area contributed by atoms with E-state index < -0.39 is 27.8 Å². The highest BCUT2D eigenvalue weighted by Gasteiger charge is 2.34. The maximum Gasteiger partial charge on any atom is 0.308 e. The lowest BCUT2D eigenvalue weighted by Gasteiger charge is -2.36. The molecule has 1 aromatic rings.